The van der Waals surface area contributed by atoms with Crippen LogP contribution in [0.25, 0.3) is 0 Å². The van der Waals surface area contributed by atoms with Crippen molar-refractivity contribution in [2.45, 2.75) is 31.8 Å². The van der Waals surface area contributed by atoms with Gasteiger partial charge >= 0.3 is 0 Å². The van der Waals surface area contributed by atoms with Gasteiger partial charge in [0.2, 0.25) is 11.8 Å². The molecule has 0 bridgehead atoms. The van der Waals surface area contributed by atoms with Crippen molar-refractivity contribution in [3.05, 3.63) is 35.9 Å². The van der Waals surface area contributed by atoms with Crippen LogP contribution < -0.4 is 5.32 Å². The molecule has 2 aliphatic rings. The van der Waals surface area contributed by atoms with Crippen LogP contribution in [-0.4, -0.2) is 66.0 Å². The summed E-state index contributed by atoms with van der Waals surface area (Å²) in [5, 5.41) is 13.3. The van der Waals surface area contributed by atoms with Gasteiger partial charge in [0.25, 0.3) is 0 Å². The molecule has 2 amide bonds. The van der Waals surface area contributed by atoms with E-state index in [0.29, 0.717) is 6.54 Å². The normalized spacial score (nSPS) is 20.1. The molecule has 2 N–H and O–H groups in total. The molecular weight excluding hydrogens is 330 g/mol. The lowest BCUT2D eigenvalue weighted by Gasteiger charge is -2.34. The lowest BCUT2D eigenvalue weighted by atomic mass is 9.87. The summed E-state index contributed by atoms with van der Waals surface area (Å²) >= 11 is 0. The third kappa shape index (κ3) is 5.05. The Bertz CT molecular complexity index is 594. The number of nitrogens with one attached hydrogen (secondary N) is 1. The molecule has 2 fully saturated rings. The fourth-order valence-electron chi connectivity index (χ4n) is 3.86. The van der Waals surface area contributed by atoms with Crippen molar-refractivity contribution in [1.29, 1.82) is 0 Å². The molecule has 1 unspecified atom stereocenters. The highest BCUT2D eigenvalue weighted by Gasteiger charge is 2.27. The topological polar surface area (TPSA) is 72.9 Å². The smallest absolute Gasteiger partial charge is 0.241 e. The molecule has 26 heavy (non-hydrogen) atoms. The molecule has 0 aromatic heterocycles. The quantitative estimate of drug-likeness (QED) is 0.800. The number of nitrogens with zero attached hydrogens (tertiary/aromatic N) is 2. The number of hydrogen-bond acceptors (Lipinski definition) is 4. The maximum atomic E-state index is 12.1. The Labute approximate surface area is 155 Å². The summed E-state index contributed by atoms with van der Waals surface area (Å²) in [6.07, 6.45) is 3.42. The zero-order valence-electron chi connectivity index (χ0n) is 15.3. The molecule has 2 aliphatic heterocycles. The lowest BCUT2D eigenvalue weighted by Crippen LogP contribution is -2.45. The summed E-state index contributed by atoms with van der Waals surface area (Å²) < 4.78 is 0. The molecule has 1 aromatic carbocycles. The van der Waals surface area contributed by atoms with Crippen LogP contribution >= 0.6 is 0 Å². The Morgan fingerprint density at radius 1 is 1.08 bits per heavy atom. The van der Waals surface area contributed by atoms with Gasteiger partial charge < -0.3 is 15.3 Å². The predicted molar refractivity (Wildman–Crippen MR) is 99.4 cm³/mol. The van der Waals surface area contributed by atoms with E-state index >= 15 is 0 Å². The Hall–Kier alpha value is -1.92. The molecule has 6 nitrogen and oxygen atoms in total. The van der Waals surface area contributed by atoms with Gasteiger partial charge in [0, 0.05) is 13.1 Å². The van der Waals surface area contributed by atoms with Crippen LogP contribution in [-0.2, 0) is 9.59 Å². The Kier molecular flexibility index (Phi) is 6.63. The van der Waals surface area contributed by atoms with E-state index in [1.54, 1.807) is 0 Å². The molecule has 0 saturated carbocycles. The molecule has 3 rings (SSSR count). The minimum absolute atomic E-state index is 0.0144. The largest absolute Gasteiger partial charge is 0.388 e. The van der Waals surface area contributed by atoms with Gasteiger partial charge in [-0.25, -0.2) is 0 Å². The second-order valence-corrected chi connectivity index (χ2v) is 7.33. The summed E-state index contributed by atoms with van der Waals surface area (Å²) in [7, 11) is 0. The highest BCUT2D eigenvalue weighted by molar-refractivity contribution is 5.85. The number of hydrogen-bond donors (Lipinski definition) is 2. The van der Waals surface area contributed by atoms with Gasteiger partial charge in [-0.15, -0.1) is 0 Å². The Morgan fingerprint density at radius 3 is 2.38 bits per heavy atom. The monoisotopic (exact) mass is 359 g/mol. The standard InChI is InChI=1S/C20H29N3O3/c24-18(21-14-19(25)23-10-4-5-11-23)15-22-12-8-17(9-13-22)20(26)16-6-2-1-3-7-16/h1-3,6-7,17,20,26H,4-5,8-15H2,(H,21,24). The van der Waals surface area contributed by atoms with Gasteiger partial charge in [-0.1, -0.05) is 30.3 Å². The first kappa shape index (κ1) is 18.9. The number of carbonyl (C=O) groups is 2. The zero-order chi connectivity index (χ0) is 18.4. The molecule has 2 heterocycles. The number of aliphatic hydroxyl groups is 1. The number of amides is 2. The second-order valence-electron chi connectivity index (χ2n) is 7.33. The lowest BCUT2D eigenvalue weighted by molar-refractivity contribution is -0.132. The van der Waals surface area contributed by atoms with Gasteiger partial charge in [-0.05, 0) is 50.3 Å². The third-order valence-corrected chi connectivity index (χ3v) is 5.48. The second kappa shape index (κ2) is 9.14. The molecular formula is C20H29N3O3. The van der Waals surface area contributed by atoms with Crippen molar-refractivity contribution in [2.75, 3.05) is 39.3 Å². The van der Waals surface area contributed by atoms with Crippen LogP contribution in [0.15, 0.2) is 30.3 Å². The molecule has 6 heteroatoms. The molecule has 1 aromatic rings. The van der Waals surface area contributed by atoms with Crippen LogP contribution in [0, 0.1) is 5.92 Å². The zero-order valence-corrected chi connectivity index (χ0v) is 15.3. The Morgan fingerprint density at radius 2 is 1.73 bits per heavy atom. The average molecular weight is 359 g/mol. The summed E-state index contributed by atoms with van der Waals surface area (Å²) in [5.74, 6) is 0.147. The van der Waals surface area contributed by atoms with Crippen LogP contribution in [0.4, 0.5) is 0 Å². The average Bonchev–Trinajstić information content (AvgIpc) is 3.22. The minimum Gasteiger partial charge on any atom is -0.388 e. The molecule has 0 radical (unpaired) electrons. The van der Waals surface area contributed by atoms with Crippen LogP contribution in [0.2, 0.25) is 0 Å². The maximum absolute atomic E-state index is 12.1. The number of piperidine rings is 1. The van der Waals surface area contributed by atoms with Crippen molar-refractivity contribution in [3.63, 3.8) is 0 Å². The van der Waals surface area contributed by atoms with Crippen LogP contribution in [0.3, 0.4) is 0 Å². The van der Waals surface area contributed by atoms with E-state index in [2.05, 4.69) is 10.2 Å². The van der Waals surface area contributed by atoms with E-state index in [-0.39, 0.29) is 24.3 Å². The van der Waals surface area contributed by atoms with Gasteiger partial charge in [-0.2, -0.15) is 0 Å². The number of likely N-dealkylation sites (tertiary alicyclic amines) is 2. The first-order chi connectivity index (χ1) is 12.6. The van der Waals surface area contributed by atoms with Gasteiger partial charge in [0.1, 0.15) is 0 Å². The SMILES string of the molecule is O=C(CN1CCC(C(O)c2ccccc2)CC1)NCC(=O)N1CCCC1. The fraction of sp³-hybridized carbons (Fsp3) is 0.600. The molecule has 142 valence electrons. The number of carbonyl (C=O) groups excluding carboxylic acids is 2. The highest BCUT2D eigenvalue weighted by Crippen LogP contribution is 2.30. The van der Waals surface area contributed by atoms with Crippen molar-refractivity contribution < 1.29 is 14.7 Å². The first-order valence-electron chi connectivity index (χ1n) is 9.63. The molecule has 1 atom stereocenters. The fourth-order valence-corrected chi connectivity index (χ4v) is 3.86. The van der Waals surface area contributed by atoms with Crippen molar-refractivity contribution in [1.82, 2.24) is 15.1 Å². The minimum atomic E-state index is -0.440. The number of benzene rings is 1. The van der Waals surface area contributed by atoms with Gasteiger partial charge in [0.15, 0.2) is 0 Å². The third-order valence-electron chi connectivity index (χ3n) is 5.48. The maximum Gasteiger partial charge on any atom is 0.241 e. The van der Waals surface area contributed by atoms with E-state index in [9.17, 15) is 14.7 Å². The van der Waals surface area contributed by atoms with Crippen molar-refractivity contribution in [3.8, 4) is 0 Å². The summed E-state index contributed by atoms with van der Waals surface area (Å²) in [6.45, 7) is 3.63. The Balaban J connectivity index is 1.37. The summed E-state index contributed by atoms with van der Waals surface area (Å²) in [6, 6.07) is 9.76. The molecule has 2 saturated heterocycles. The first-order valence-corrected chi connectivity index (χ1v) is 9.63. The van der Waals surface area contributed by atoms with E-state index in [0.717, 1.165) is 57.4 Å². The van der Waals surface area contributed by atoms with Crippen LogP contribution in [0.1, 0.15) is 37.4 Å². The van der Waals surface area contributed by atoms with E-state index < -0.39 is 6.10 Å². The molecule has 0 spiro atoms. The van der Waals surface area contributed by atoms with Crippen molar-refractivity contribution >= 4 is 11.8 Å². The number of rotatable bonds is 6. The summed E-state index contributed by atoms with van der Waals surface area (Å²) in [5.41, 5.74) is 0.962. The van der Waals surface area contributed by atoms with E-state index in [4.69, 9.17) is 0 Å². The number of aliphatic hydroxyl groups excluding tert-OH is 1. The van der Waals surface area contributed by atoms with Gasteiger partial charge in [0.05, 0.1) is 19.2 Å². The summed E-state index contributed by atoms with van der Waals surface area (Å²) in [4.78, 5) is 28.0. The van der Waals surface area contributed by atoms with Crippen molar-refractivity contribution in [2.24, 2.45) is 5.92 Å². The molecule has 0 aliphatic carbocycles. The van der Waals surface area contributed by atoms with E-state index in [1.807, 2.05) is 35.2 Å². The highest BCUT2D eigenvalue weighted by atomic mass is 16.3. The predicted octanol–water partition coefficient (Wildman–Crippen LogP) is 1.17. The van der Waals surface area contributed by atoms with E-state index in [1.165, 1.54) is 0 Å². The van der Waals surface area contributed by atoms with Crippen LogP contribution in [0.5, 0.6) is 0 Å². The van der Waals surface area contributed by atoms with Gasteiger partial charge in [-0.3, -0.25) is 14.5 Å².